The first-order chi connectivity index (χ1) is 29.8. The van der Waals surface area contributed by atoms with E-state index >= 15 is 0 Å². The molecule has 320 valence electrons. The van der Waals surface area contributed by atoms with Gasteiger partial charge in [-0.1, -0.05) is 62.8 Å². The van der Waals surface area contributed by atoms with Crippen LogP contribution in [0.1, 0.15) is 121 Å². The molecule has 4 aliphatic rings. The molecule has 0 bridgehead atoms. The molecule has 2 saturated heterocycles. The maximum absolute atomic E-state index is 13.3. The Morgan fingerprint density at radius 2 is 1.49 bits per heavy atom. The van der Waals surface area contributed by atoms with Crippen LogP contribution in [0.25, 0.3) is 11.3 Å². The molecular weight excluding hydrogens is 791 g/mol. The summed E-state index contributed by atoms with van der Waals surface area (Å²) in [6.45, 7) is 4.08. The number of nitrogens with zero attached hydrogens (tertiary/aromatic N) is 4. The molecule has 13 nitrogen and oxygen atoms in total. The average Bonchev–Trinajstić information content (AvgIpc) is 3.79. The van der Waals surface area contributed by atoms with Gasteiger partial charge in [-0.25, -0.2) is 4.68 Å². The van der Waals surface area contributed by atoms with Crippen LogP contribution in [0.4, 0.5) is 5.82 Å². The van der Waals surface area contributed by atoms with E-state index in [0.717, 1.165) is 91.0 Å². The highest BCUT2D eigenvalue weighted by Gasteiger charge is 2.45. The fraction of sp³-hybridized carbons (Fsp3) is 0.447. The Hall–Kier alpha value is -5.47. The van der Waals surface area contributed by atoms with Gasteiger partial charge in [-0.15, -0.1) is 11.8 Å². The highest BCUT2D eigenvalue weighted by molar-refractivity contribution is 7.99. The standard InChI is InChI=1S/C47H55N7O6S/c48-43(56)41-42(32-17-19-34(20-18-32)60-33-13-8-7-9-14-33)51-54-36(23-26-49-44(41)54)31-24-28-52(29-25-31)27-10-5-3-1-2-4-6-11-30-61-38-16-12-15-35-40(38)47(59)53(46(35)58)37-21-22-39(55)50-45(37)57/h7-9,12-20,31,36-37,49H,1-6,10-11,21-30H2,(H2,48,56)(H,50,55,57). The van der Waals surface area contributed by atoms with Crippen LogP contribution in [0, 0.1) is 5.92 Å². The number of ether oxygens (including phenoxy) is 1. The second-order valence-corrected chi connectivity index (χ2v) is 17.7. The first kappa shape index (κ1) is 42.2. The van der Waals surface area contributed by atoms with Gasteiger partial charge in [0.1, 0.15) is 34.6 Å². The largest absolute Gasteiger partial charge is 0.457 e. The predicted octanol–water partition coefficient (Wildman–Crippen LogP) is 7.82. The molecule has 0 spiro atoms. The van der Waals surface area contributed by atoms with Crippen molar-refractivity contribution in [2.24, 2.45) is 11.7 Å². The van der Waals surface area contributed by atoms with Gasteiger partial charge in [-0.3, -0.25) is 34.2 Å². The van der Waals surface area contributed by atoms with Crippen molar-refractivity contribution in [3.05, 3.63) is 89.5 Å². The number of carbonyl (C=O) groups excluding carboxylic acids is 5. The summed E-state index contributed by atoms with van der Waals surface area (Å²) in [7, 11) is 0. The van der Waals surface area contributed by atoms with Crippen molar-refractivity contribution in [1.29, 1.82) is 0 Å². The van der Waals surface area contributed by atoms with Crippen LogP contribution in [-0.2, 0) is 9.59 Å². The molecule has 2 unspecified atom stereocenters. The number of carbonyl (C=O) groups is 5. The number of primary amides is 1. The van der Waals surface area contributed by atoms with Crippen LogP contribution in [0.5, 0.6) is 11.5 Å². The topological polar surface area (TPSA) is 169 Å². The number of aromatic nitrogens is 2. The third-order valence-corrected chi connectivity index (χ3v) is 13.7. The molecular formula is C47H55N7O6S. The summed E-state index contributed by atoms with van der Waals surface area (Å²) in [5.74, 6) is 1.18. The molecule has 5 heterocycles. The molecule has 1 aromatic heterocycles. The number of likely N-dealkylation sites (tertiary alicyclic amines) is 1. The van der Waals surface area contributed by atoms with Crippen LogP contribution in [-0.4, -0.2) is 87.1 Å². The molecule has 5 amide bonds. The van der Waals surface area contributed by atoms with E-state index < -0.39 is 29.7 Å². The number of hydrogen-bond donors (Lipinski definition) is 3. The number of piperidine rings is 2. The van der Waals surface area contributed by atoms with Crippen LogP contribution in [0.3, 0.4) is 0 Å². The number of para-hydroxylation sites is 1. The van der Waals surface area contributed by atoms with Crippen molar-refractivity contribution in [3.63, 3.8) is 0 Å². The minimum atomic E-state index is -0.951. The minimum Gasteiger partial charge on any atom is -0.457 e. The summed E-state index contributed by atoms with van der Waals surface area (Å²) < 4.78 is 8.02. The van der Waals surface area contributed by atoms with Gasteiger partial charge in [0.2, 0.25) is 11.8 Å². The van der Waals surface area contributed by atoms with Crippen molar-refractivity contribution >= 4 is 47.1 Å². The number of imide groups is 2. The maximum Gasteiger partial charge on any atom is 0.263 e. The molecule has 2 fully saturated rings. The highest BCUT2D eigenvalue weighted by Crippen LogP contribution is 2.41. The van der Waals surface area contributed by atoms with Gasteiger partial charge in [0.05, 0.1) is 17.2 Å². The smallest absolute Gasteiger partial charge is 0.263 e. The first-order valence-electron chi connectivity index (χ1n) is 22.0. The number of amides is 5. The molecule has 0 saturated carbocycles. The number of fused-ring (bicyclic) bond motifs is 2. The molecule has 8 rings (SSSR count). The third-order valence-electron chi connectivity index (χ3n) is 12.5. The van der Waals surface area contributed by atoms with Gasteiger partial charge in [0, 0.05) is 23.4 Å². The molecule has 61 heavy (non-hydrogen) atoms. The number of unbranched alkanes of at least 4 members (excludes halogenated alkanes) is 7. The SMILES string of the molecule is NC(=O)c1c(-c2ccc(Oc3ccccc3)cc2)nn2c1NCCC2C1CCN(CCCCCCCCCCSc2cccc3c2C(=O)N(C2CCC(=O)NC2=O)C3=O)CC1. The van der Waals surface area contributed by atoms with E-state index in [9.17, 15) is 24.0 Å². The maximum atomic E-state index is 13.3. The van der Waals surface area contributed by atoms with Crippen molar-refractivity contribution < 1.29 is 28.7 Å². The molecule has 0 aliphatic carbocycles. The van der Waals surface area contributed by atoms with E-state index in [0.29, 0.717) is 34.1 Å². The lowest BCUT2D eigenvalue weighted by molar-refractivity contribution is -0.136. The zero-order chi connectivity index (χ0) is 42.3. The van der Waals surface area contributed by atoms with E-state index in [1.807, 2.05) is 65.3 Å². The van der Waals surface area contributed by atoms with Gasteiger partial charge in [-0.2, -0.15) is 5.10 Å². The van der Waals surface area contributed by atoms with E-state index in [2.05, 4.69) is 15.5 Å². The molecule has 14 heteroatoms. The summed E-state index contributed by atoms with van der Waals surface area (Å²) in [6.07, 6.45) is 12.9. The zero-order valence-corrected chi connectivity index (χ0v) is 35.4. The second-order valence-electron chi connectivity index (χ2n) is 16.6. The summed E-state index contributed by atoms with van der Waals surface area (Å²) >= 11 is 1.59. The number of rotatable bonds is 18. The van der Waals surface area contributed by atoms with Gasteiger partial charge < -0.3 is 20.7 Å². The minimum absolute atomic E-state index is 0.106. The van der Waals surface area contributed by atoms with Gasteiger partial charge in [-0.05, 0) is 118 Å². The quantitative estimate of drug-likeness (QED) is 0.0510. The Balaban J connectivity index is 0.720. The number of hydrogen-bond acceptors (Lipinski definition) is 10. The lowest BCUT2D eigenvalue weighted by Gasteiger charge is -2.38. The van der Waals surface area contributed by atoms with Gasteiger partial charge in [0.25, 0.3) is 17.7 Å². The lowest BCUT2D eigenvalue weighted by Crippen LogP contribution is -2.54. The van der Waals surface area contributed by atoms with E-state index in [1.54, 1.807) is 23.9 Å². The summed E-state index contributed by atoms with van der Waals surface area (Å²) in [4.78, 5) is 67.7. The zero-order valence-electron chi connectivity index (χ0n) is 34.6. The Bertz CT molecular complexity index is 2240. The summed E-state index contributed by atoms with van der Waals surface area (Å²) in [5.41, 5.74) is 8.57. The number of nitrogens with one attached hydrogen (secondary N) is 2. The Morgan fingerprint density at radius 3 is 2.21 bits per heavy atom. The Morgan fingerprint density at radius 1 is 0.787 bits per heavy atom. The van der Waals surface area contributed by atoms with Crippen molar-refractivity contribution in [2.75, 3.05) is 37.2 Å². The lowest BCUT2D eigenvalue weighted by atomic mass is 9.86. The molecule has 2 atom stereocenters. The van der Waals surface area contributed by atoms with Crippen LogP contribution < -0.4 is 21.1 Å². The van der Waals surface area contributed by atoms with Crippen molar-refractivity contribution in [3.8, 4) is 22.8 Å². The predicted molar refractivity (Wildman–Crippen MR) is 235 cm³/mol. The molecule has 4 aliphatic heterocycles. The molecule has 4 N–H and O–H groups in total. The Labute approximate surface area is 361 Å². The van der Waals surface area contributed by atoms with Crippen LogP contribution >= 0.6 is 11.8 Å². The number of benzene rings is 3. The average molecular weight is 846 g/mol. The molecule has 4 aromatic rings. The van der Waals surface area contributed by atoms with E-state index in [1.165, 1.54) is 38.5 Å². The van der Waals surface area contributed by atoms with Gasteiger partial charge >= 0.3 is 0 Å². The van der Waals surface area contributed by atoms with Crippen LogP contribution in [0.15, 0.2) is 77.7 Å². The first-order valence-corrected chi connectivity index (χ1v) is 22.9. The second kappa shape index (κ2) is 19.5. The fourth-order valence-electron chi connectivity index (χ4n) is 9.33. The summed E-state index contributed by atoms with van der Waals surface area (Å²) in [5, 5.41) is 10.7. The number of nitrogens with two attached hydrogens (primary N) is 1. The molecule has 3 aromatic carbocycles. The number of thioether (sulfide) groups is 1. The summed E-state index contributed by atoms with van der Waals surface area (Å²) in [6, 6.07) is 21.9. The van der Waals surface area contributed by atoms with Crippen LogP contribution in [0.2, 0.25) is 0 Å². The normalized spacial score (nSPS) is 19.4. The highest BCUT2D eigenvalue weighted by atomic mass is 32.2. The Kier molecular flexibility index (Phi) is 13.5. The van der Waals surface area contributed by atoms with E-state index in [-0.39, 0.29) is 24.8 Å². The van der Waals surface area contributed by atoms with E-state index in [4.69, 9.17) is 15.6 Å². The molecule has 0 radical (unpaired) electrons. The third kappa shape index (κ3) is 9.55. The number of anilines is 1. The van der Waals surface area contributed by atoms with Crippen molar-refractivity contribution in [1.82, 2.24) is 24.9 Å². The monoisotopic (exact) mass is 845 g/mol. The van der Waals surface area contributed by atoms with Gasteiger partial charge in [0.15, 0.2) is 0 Å². The fourth-order valence-corrected chi connectivity index (χ4v) is 10.4. The van der Waals surface area contributed by atoms with Crippen molar-refractivity contribution in [2.45, 2.75) is 100 Å².